The van der Waals surface area contributed by atoms with Crippen molar-refractivity contribution in [2.45, 2.75) is 54.6 Å². The van der Waals surface area contributed by atoms with Crippen LogP contribution in [0.5, 0.6) is 0 Å². The van der Waals surface area contributed by atoms with E-state index in [1.54, 1.807) is 0 Å². The van der Waals surface area contributed by atoms with Crippen molar-refractivity contribution in [1.82, 2.24) is 0 Å². The zero-order valence-corrected chi connectivity index (χ0v) is 23.2. The molecular formula is C26H32HfSi. The topological polar surface area (TPSA) is 0 Å². The van der Waals surface area contributed by atoms with E-state index >= 15 is 0 Å². The molecule has 0 aromatic heterocycles. The van der Waals surface area contributed by atoms with Crippen LogP contribution in [0.4, 0.5) is 0 Å². The van der Waals surface area contributed by atoms with Crippen molar-refractivity contribution in [2.24, 2.45) is 0 Å². The summed E-state index contributed by atoms with van der Waals surface area (Å²) in [7, 11) is 0. The Kier molecular flexibility index (Phi) is 8.21. The van der Waals surface area contributed by atoms with Gasteiger partial charge in [-0.2, -0.15) is 12.1 Å². The largest absolute Gasteiger partial charge is 0.165 e. The predicted octanol–water partition coefficient (Wildman–Crippen LogP) is 7.75. The second kappa shape index (κ2) is 9.98. The molecule has 2 heteroatoms. The first kappa shape index (κ1) is 23.0. The van der Waals surface area contributed by atoms with Crippen LogP contribution < -0.4 is 0 Å². The standard InChI is InChI=1S/2C12H13.C2H6Si.Hf/c2*1-8-6-11-9(2)4-5-10(3)12(11)7-8;1-3-2;/h2*4-7H,1-3H3;1-2H3;/q2*-1;;+2. The summed E-state index contributed by atoms with van der Waals surface area (Å²) in [6.45, 7) is 17.6. The van der Waals surface area contributed by atoms with Crippen molar-refractivity contribution in [3.63, 3.8) is 0 Å². The van der Waals surface area contributed by atoms with Gasteiger partial charge in [-0.15, -0.1) is 68.1 Å². The fourth-order valence-corrected chi connectivity index (χ4v) is 3.47. The van der Waals surface area contributed by atoms with Gasteiger partial charge in [-0.1, -0.05) is 51.0 Å². The summed E-state index contributed by atoms with van der Waals surface area (Å²) >= 11 is 1.45. The molecule has 0 saturated carbocycles. The summed E-state index contributed by atoms with van der Waals surface area (Å²) in [6.07, 6.45) is 0. The molecule has 0 bridgehead atoms. The van der Waals surface area contributed by atoms with Gasteiger partial charge in [-0.05, 0) is 13.8 Å². The van der Waals surface area contributed by atoms with Gasteiger partial charge >= 0.3 is 41.6 Å². The second-order valence-corrected chi connectivity index (χ2v) is 20.9. The molecule has 0 aliphatic carbocycles. The minimum atomic E-state index is 0.259. The molecule has 4 rings (SSSR count). The van der Waals surface area contributed by atoms with E-state index in [9.17, 15) is 0 Å². The minimum absolute atomic E-state index is 0.259. The van der Waals surface area contributed by atoms with Gasteiger partial charge in [-0.25, -0.2) is 0 Å². The molecule has 0 radical (unpaired) electrons. The number of rotatable bonds is 0. The first-order valence-corrected chi connectivity index (χ1v) is 17.8. The Morgan fingerprint density at radius 3 is 1.18 bits per heavy atom. The van der Waals surface area contributed by atoms with Crippen LogP contribution in [-0.2, 0) is 23.0 Å². The van der Waals surface area contributed by atoms with Gasteiger partial charge in [0.25, 0.3) is 0 Å². The van der Waals surface area contributed by atoms with Gasteiger partial charge in [0, 0.05) is 0 Å². The van der Waals surface area contributed by atoms with Crippen molar-refractivity contribution >= 4 is 27.0 Å². The molecule has 0 saturated heterocycles. The van der Waals surface area contributed by atoms with Crippen LogP contribution in [0.2, 0.25) is 13.1 Å². The average molecular weight is 551 g/mol. The summed E-state index contributed by atoms with van der Waals surface area (Å²) in [6, 6.07) is 17.8. The van der Waals surface area contributed by atoms with E-state index < -0.39 is 0 Å². The third kappa shape index (κ3) is 5.87. The molecule has 0 unspecified atom stereocenters. The van der Waals surface area contributed by atoms with E-state index in [4.69, 9.17) is 0 Å². The maximum Gasteiger partial charge on any atom is -0.0488 e. The van der Waals surface area contributed by atoms with E-state index in [1.165, 1.54) is 77.9 Å². The van der Waals surface area contributed by atoms with Gasteiger partial charge in [0.2, 0.25) is 0 Å². The number of benzene rings is 2. The maximum absolute atomic E-state index is 2.33. The molecule has 0 N–H and O–H groups in total. The fraction of sp³-hybridized carbons (Fsp3) is 0.308. The first-order chi connectivity index (χ1) is 13.1. The molecule has 144 valence electrons. The normalized spacial score (nSPS) is 10.4. The zero-order chi connectivity index (χ0) is 21.0. The number of fused-ring (bicyclic) bond motifs is 2. The third-order valence-corrected chi connectivity index (χ3v) is 4.93. The molecule has 0 aliphatic heterocycles. The van der Waals surface area contributed by atoms with Gasteiger partial charge < -0.3 is 0 Å². The molecule has 4 aromatic rings. The van der Waals surface area contributed by atoms with Gasteiger partial charge in [0.1, 0.15) is 0 Å². The summed E-state index contributed by atoms with van der Waals surface area (Å²) in [5.41, 5.74) is 8.50. The van der Waals surface area contributed by atoms with E-state index in [0.717, 1.165) is 0 Å². The van der Waals surface area contributed by atoms with E-state index in [0.29, 0.717) is 0 Å². The van der Waals surface area contributed by atoms with Crippen molar-refractivity contribution in [1.29, 1.82) is 0 Å². The fourth-order valence-electron chi connectivity index (χ4n) is 3.47. The average Bonchev–Trinajstić information content (AvgIpc) is 3.19. The SMILES string of the molecule is C[Si](C)=[Hf+2].Cc1cc2c(C)ccc(C)c2[cH-]1.Cc1cc2c(C)ccc(C)c2[cH-]1. The summed E-state index contributed by atoms with van der Waals surface area (Å²) in [5, 5.41) is 5.64. The summed E-state index contributed by atoms with van der Waals surface area (Å²) in [5.74, 6) is 0. The van der Waals surface area contributed by atoms with E-state index in [2.05, 4.69) is 103 Å². The van der Waals surface area contributed by atoms with Crippen molar-refractivity contribution in [2.75, 3.05) is 0 Å². The Morgan fingerprint density at radius 2 is 0.893 bits per heavy atom. The van der Waals surface area contributed by atoms with Crippen LogP contribution in [-0.4, -0.2) is 5.49 Å². The summed E-state index contributed by atoms with van der Waals surface area (Å²) in [4.78, 5) is 0. The smallest absolute Gasteiger partial charge is 0.0488 e. The molecule has 0 heterocycles. The second-order valence-electron chi connectivity index (χ2n) is 8.12. The van der Waals surface area contributed by atoms with Crippen molar-refractivity contribution in [3.05, 3.63) is 81.9 Å². The monoisotopic (exact) mass is 552 g/mol. The van der Waals surface area contributed by atoms with E-state index in [1.807, 2.05) is 0 Å². The Balaban J connectivity index is 0.000000169. The molecule has 4 aromatic carbocycles. The summed E-state index contributed by atoms with van der Waals surface area (Å²) < 4.78 is 0. The Bertz CT molecular complexity index is 943. The Labute approximate surface area is 185 Å². The van der Waals surface area contributed by atoms with Crippen molar-refractivity contribution in [3.8, 4) is 0 Å². The maximum atomic E-state index is 2.33. The van der Waals surface area contributed by atoms with Crippen LogP contribution in [0.15, 0.2) is 48.5 Å². The quantitative estimate of drug-likeness (QED) is 0.155. The third-order valence-electron chi connectivity index (χ3n) is 4.93. The van der Waals surface area contributed by atoms with Crippen LogP contribution >= 0.6 is 0 Å². The van der Waals surface area contributed by atoms with Gasteiger partial charge in [-0.3, -0.25) is 0 Å². The Morgan fingerprint density at radius 1 is 0.607 bits per heavy atom. The molecule has 0 aliphatic rings. The Hall–Kier alpha value is -1.25. The molecule has 0 fully saturated rings. The molecule has 28 heavy (non-hydrogen) atoms. The van der Waals surface area contributed by atoms with Crippen LogP contribution in [0, 0.1) is 41.5 Å². The van der Waals surface area contributed by atoms with Gasteiger partial charge in [0.15, 0.2) is 0 Å². The molecule has 0 amide bonds. The minimum Gasteiger partial charge on any atom is -0.165 e. The zero-order valence-electron chi connectivity index (χ0n) is 18.6. The van der Waals surface area contributed by atoms with Crippen LogP contribution in [0.25, 0.3) is 21.5 Å². The molecular weight excluding hydrogens is 519 g/mol. The number of hydrogen-bond donors (Lipinski definition) is 0. The van der Waals surface area contributed by atoms with Gasteiger partial charge in [0.05, 0.1) is 0 Å². The first-order valence-electron chi connectivity index (χ1n) is 9.88. The molecule has 0 atom stereocenters. The number of hydrogen-bond acceptors (Lipinski definition) is 0. The molecule has 0 nitrogen and oxygen atoms in total. The van der Waals surface area contributed by atoms with Crippen molar-refractivity contribution < 1.29 is 23.0 Å². The van der Waals surface area contributed by atoms with E-state index in [-0.39, 0.29) is 5.49 Å². The predicted molar refractivity (Wildman–Crippen MR) is 125 cm³/mol. The molecule has 0 spiro atoms. The van der Waals surface area contributed by atoms with Crippen LogP contribution in [0.3, 0.4) is 0 Å². The van der Waals surface area contributed by atoms with Crippen LogP contribution in [0.1, 0.15) is 33.4 Å². The number of aryl methyl sites for hydroxylation is 6.